The molecule has 1 heterocycles. The van der Waals surface area contributed by atoms with Gasteiger partial charge < -0.3 is 9.88 Å². The Hall–Kier alpha value is -2.81. The molecule has 1 amide bonds. The Kier molecular flexibility index (Phi) is 5.80. The predicted octanol–water partition coefficient (Wildman–Crippen LogP) is 5.91. The van der Waals surface area contributed by atoms with Crippen molar-refractivity contribution >= 4 is 11.6 Å². The van der Waals surface area contributed by atoms with Gasteiger partial charge in [0.15, 0.2) is 0 Å². The molecule has 3 rings (SSSR count). The van der Waals surface area contributed by atoms with Gasteiger partial charge in [0, 0.05) is 23.8 Å². The van der Waals surface area contributed by atoms with Crippen LogP contribution in [0.5, 0.6) is 0 Å². The number of benzene rings is 2. The summed E-state index contributed by atoms with van der Waals surface area (Å²) in [5.74, 6) is 0.749. The number of para-hydroxylation sites is 1. The highest BCUT2D eigenvalue weighted by Crippen LogP contribution is 2.32. The zero-order chi connectivity index (χ0) is 19.4. The Balaban J connectivity index is 1.76. The summed E-state index contributed by atoms with van der Waals surface area (Å²) in [6.07, 6.45) is 4.39. The number of amides is 1. The predicted molar refractivity (Wildman–Crippen MR) is 113 cm³/mol. The highest BCUT2D eigenvalue weighted by molar-refractivity contribution is 5.94. The summed E-state index contributed by atoms with van der Waals surface area (Å²) in [7, 11) is 0. The van der Waals surface area contributed by atoms with E-state index in [-0.39, 0.29) is 5.91 Å². The number of aromatic nitrogens is 1. The molecule has 0 saturated carbocycles. The van der Waals surface area contributed by atoms with Crippen LogP contribution in [0.1, 0.15) is 56.2 Å². The lowest BCUT2D eigenvalue weighted by atomic mass is 9.92. The van der Waals surface area contributed by atoms with Crippen molar-refractivity contribution in [2.75, 3.05) is 5.32 Å². The Morgan fingerprint density at radius 3 is 1.93 bits per heavy atom. The summed E-state index contributed by atoms with van der Waals surface area (Å²) < 4.78 is 2.05. The molecule has 3 heteroatoms. The summed E-state index contributed by atoms with van der Waals surface area (Å²) >= 11 is 0. The smallest absolute Gasteiger partial charge is 0.228 e. The van der Waals surface area contributed by atoms with E-state index in [4.69, 9.17) is 0 Å². The largest absolute Gasteiger partial charge is 0.325 e. The molecule has 0 radical (unpaired) electrons. The van der Waals surface area contributed by atoms with Crippen LogP contribution in [0.15, 0.2) is 67.0 Å². The van der Waals surface area contributed by atoms with E-state index >= 15 is 0 Å². The second-order valence-electron chi connectivity index (χ2n) is 7.60. The number of hydrogen-bond acceptors (Lipinski definition) is 1. The fourth-order valence-corrected chi connectivity index (χ4v) is 3.36. The van der Waals surface area contributed by atoms with Gasteiger partial charge in [-0.3, -0.25) is 4.79 Å². The van der Waals surface area contributed by atoms with Crippen LogP contribution >= 0.6 is 0 Å². The molecule has 0 aliphatic rings. The van der Waals surface area contributed by atoms with Crippen LogP contribution in [0, 0.1) is 0 Å². The van der Waals surface area contributed by atoms with Crippen molar-refractivity contribution in [3.8, 4) is 5.69 Å². The molecule has 3 aromatic rings. The summed E-state index contributed by atoms with van der Waals surface area (Å²) in [4.78, 5) is 12.7. The number of hydrogen-bond donors (Lipinski definition) is 1. The number of nitrogens with zero attached hydrogens (tertiary/aromatic N) is 1. The van der Waals surface area contributed by atoms with Gasteiger partial charge in [0.2, 0.25) is 5.91 Å². The first-order valence-corrected chi connectivity index (χ1v) is 9.60. The average molecular weight is 361 g/mol. The molecule has 0 aliphatic heterocycles. The van der Waals surface area contributed by atoms with Crippen molar-refractivity contribution in [1.82, 2.24) is 4.57 Å². The lowest BCUT2D eigenvalue weighted by molar-refractivity contribution is -0.115. The topological polar surface area (TPSA) is 34.0 Å². The minimum Gasteiger partial charge on any atom is -0.325 e. The Morgan fingerprint density at radius 2 is 1.41 bits per heavy atom. The van der Waals surface area contributed by atoms with Crippen molar-refractivity contribution in [3.63, 3.8) is 0 Å². The second-order valence-corrected chi connectivity index (χ2v) is 7.60. The van der Waals surface area contributed by atoms with E-state index in [1.54, 1.807) is 0 Å². The lowest BCUT2D eigenvalue weighted by Crippen LogP contribution is -2.17. The van der Waals surface area contributed by atoms with Gasteiger partial charge in [0.25, 0.3) is 0 Å². The fourth-order valence-electron chi connectivity index (χ4n) is 3.36. The van der Waals surface area contributed by atoms with Crippen LogP contribution in [-0.2, 0) is 11.2 Å². The van der Waals surface area contributed by atoms with Gasteiger partial charge in [-0.25, -0.2) is 0 Å². The van der Waals surface area contributed by atoms with Crippen molar-refractivity contribution in [2.24, 2.45) is 0 Å². The molecule has 0 aliphatic carbocycles. The van der Waals surface area contributed by atoms with Crippen molar-refractivity contribution in [1.29, 1.82) is 0 Å². The summed E-state index contributed by atoms with van der Waals surface area (Å²) in [5, 5.41) is 3.19. The molecule has 2 aromatic carbocycles. The van der Waals surface area contributed by atoms with Gasteiger partial charge >= 0.3 is 0 Å². The number of carbonyl (C=O) groups is 1. The fraction of sp³-hybridized carbons (Fsp3) is 0.292. The molecule has 0 spiro atoms. The number of nitrogens with one attached hydrogen (secondary N) is 1. The van der Waals surface area contributed by atoms with Gasteiger partial charge in [-0.2, -0.15) is 0 Å². The normalized spacial score (nSPS) is 11.2. The highest BCUT2D eigenvalue weighted by atomic mass is 16.1. The molecule has 0 bridgehead atoms. The first-order chi connectivity index (χ1) is 13.0. The Morgan fingerprint density at radius 1 is 0.852 bits per heavy atom. The lowest BCUT2D eigenvalue weighted by Gasteiger charge is -2.20. The van der Waals surface area contributed by atoms with Crippen LogP contribution in [-0.4, -0.2) is 10.5 Å². The third kappa shape index (κ3) is 4.48. The first-order valence-electron chi connectivity index (χ1n) is 9.60. The van der Waals surface area contributed by atoms with E-state index in [2.05, 4.69) is 55.8 Å². The zero-order valence-corrected chi connectivity index (χ0v) is 16.6. The number of rotatable bonds is 6. The van der Waals surface area contributed by atoms with Crippen molar-refractivity contribution in [3.05, 3.63) is 83.7 Å². The van der Waals surface area contributed by atoms with Crippen molar-refractivity contribution in [2.45, 2.75) is 46.0 Å². The number of carbonyl (C=O) groups excluding carboxylic acids is 1. The van der Waals surface area contributed by atoms with Gasteiger partial charge in [-0.15, -0.1) is 0 Å². The van der Waals surface area contributed by atoms with E-state index in [0.717, 1.165) is 16.9 Å². The molecule has 0 saturated heterocycles. The van der Waals surface area contributed by atoms with E-state index in [0.29, 0.717) is 18.3 Å². The quantitative estimate of drug-likeness (QED) is 0.583. The van der Waals surface area contributed by atoms with Gasteiger partial charge in [-0.1, -0.05) is 58.0 Å². The van der Waals surface area contributed by atoms with E-state index < -0.39 is 0 Å². The molecule has 0 unspecified atom stereocenters. The molecule has 140 valence electrons. The number of anilines is 1. The summed E-state index contributed by atoms with van der Waals surface area (Å²) in [6.45, 7) is 8.65. The van der Waals surface area contributed by atoms with E-state index in [9.17, 15) is 4.79 Å². The zero-order valence-electron chi connectivity index (χ0n) is 16.6. The second kappa shape index (κ2) is 8.26. The van der Waals surface area contributed by atoms with Crippen LogP contribution in [0.2, 0.25) is 0 Å². The standard InChI is InChI=1S/C24H28N2O/c1-17(2)21-8-7-9-22(18(3)4)24(21)25-23(27)16-19-10-12-20(13-11-19)26-14-5-6-15-26/h5-15,17-18H,16H2,1-4H3,(H,25,27). The third-order valence-electron chi connectivity index (χ3n) is 4.84. The van der Waals surface area contributed by atoms with Crippen molar-refractivity contribution < 1.29 is 4.79 Å². The van der Waals surface area contributed by atoms with Crippen LogP contribution in [0.25, 0.3) is 5.69 Å². The molecule has 3 nitrogen and oxygen atoms in total. The Labute approximate surface area is 162 Å². The molecule has 1 N–H and O–H groups in total. The molecule has 1 aromatic heterocycles. The molecular formula is C24H28N2O. The van der Waals surface area contributed by atoms with Crippen LogP contribution < -0.4 is 5.32 Å². The molecule has 0 atom stereocenters. The maximum atomic E-state index is 12.7. The van der Waals surface area contributed by atoms with Gasteiger partial charge in [0.1, 0.15) is 0 Å². The minimum atomic E-state index is 0.0266. The minimum absolute atomic E-state index is 0.0266. The molecular weight excluding hydrogens is 332 g/mol. The maximum Gasteiger partial charge on any atom is 0.228 e. The first kappa shape index (κ1) is 19.0. The molecule has 0 fully saturated rings. The summed E-state index contributed by atoms with van der Waals surface area (Å²) in [6, 6.07) is 18.4. The molecule has 27 heavy (non-hydrogen) atoms. The average Bonchev–Trinajstić information content (AvgIpc) is 3.16. The van der Waals surface area contributed by atoms with Crippen LogP contribution in [0.3, 0.4) is 0 Å². The monoisotopic (exact) mass is 360 g/mol. The Bertz CT molecular complexity index is 864. The maximum absolute atomic E-state index is 12.7. The highest BCUT2D eigenvalue weighted by Gasteiger charge is 2.16. The van der Waals surface area contributed by atoms with Crippen LogP contribution in [0.4, 0.5) is 5.69 Å². The SMILES string of the molecule is CC(C)c1cccc(C(C)C)c1NC(=O)Cc1ccc(-n2cccc2)cc1. The van der Waals surface area contributed by atoms with Gasteiger partial charge in [0.05, 0.1) is 6.42 Å². The third-order valence-corrected chi connectivity index (χ3v) is 4.84. The van der Waals surface area contributed by atoms with Gasteiger partial charge in [-0.05, 0) is 52.8 Å². The summed E-state index contributed by atoms with van der Waals surface area (Å²) in [5.41, 5.74) is 5.47. The van der Waals surface area contributed by atoms with E-state index in [1.165, 1.54) is 11.1 Å². The van der Waals surface area contributed by atoms with E-state index in [1.807, 2.05) is 48.8 Å².